The third kappa shape index (κ3) is 2.79. The number of aldehydes is 1. The minimum atomic E-state index is -0.378. The molecule has 0 bridgehead atoms. The Labute approximate surface area is 117 Å². The minimum absolute atomic E-state index is 0.342. The van der Waals surface area contributed by atoms with Gasteiger partial charge >= 0.3 is 0 Å². The number of benzene rings is 1. The average molecular weight is 328 g/mol. The zero-order valence-electron chi connectivity index (χ0n) is 9.69. The number of hydrogen-bond acceptors (Lipinski definition) is 3. The van der Waals surface area contributed by atoms with Crippen molar-refractivity contribution in [2.24, 2.45) is 0 Å². The summed E-state index contributed by atoms with van der Waals surface area (Å²) in [5.74, 6) is -0.378. The van der Waals surface area contributed by atoms with Crippen LogP contribution < -0.4 is 4.90 Å². The van der Waals surface area contributed by atoms with Crippen LogP contribution in [-0.4, -0.2) is 13.3 Å². The summed E-state index contributed by atoms with van der Waals surface area (Å²) < 4.78 is 14.8. The highest BCUT2D eigenvalue weighted by atomic mass is 79.9. The molecule has 2 rings (SSSR count). The molecule has 0 atom stereocenters. The molecule has 94 valence electrons. The number of halogens is 2. The third-order valence-electron chi connectivity index (χ3n) is 2.57. The Morgan fingerprint density at radius 2 is 2.28 bits per heavy atom. The SMILES string of the molecule is CN(Cc1csc(Br)c1)c1c(F)cccc1C=O. The smallest absolute Gasteiger partial charge is 0.152 e. The number of rotatable bonds is 4. The highest BCUT2D eigenvalue weighted by molar-refractivity contribution is 9.11. The monoisotopic (exact) mass is 327 g/mol. The van der Waals surface area contributed by atoms with Gasteiger partial charge in [0.15, 0.2) is 6.29 Å². The summed E-state index contributed by atoms with van der Waals surface area (Å²) in [6, 6.07) is 6.51. The van der Waals surface area contributed by atoms with Gasteiger partial charge in [-0.2, -0.15) is 0 Å². The zero-order valence-corrected chi connectivity index (χ0v) is 12.1. The fraction of sp³-hybridized carbons (Fsp3) is 0.154. The van der Waals surface area contributed by atoms with E-state index in [4.69, 9.17) is 0 Å². The molecular formula is C13H11BrFNOS. The first-order chi connectivity index (χ1) is 8.61. The lowest BCUT2D eigenvalue weighted by atomic mass is 10.1. The van der Waals surface area contributed by atoms with Crippen LogP contribution in [0.3, 0.4) is 0 Å². The maximum absolute atomic E-state index is 13.8. The van der Waals surface area contributed by atoms with Crippen molar-refractivity contribution < 1.29 is 9.18 Å². The standard InChI is InChI=1S/C13H11BrFNOS/c1-16(6-9-5-12(14)18-8-9)13-10(7-17)3-2-4-11(13)15/h2-5,7-8H,6H2,1H3. The van der Waals surface area contributed by atoms with Gasteiger partial charge in [0.1, 0.15) is 5.82 Å². The molecule has 1 aromatic carbocycles. The second kappa shape index (κ2) is 5.63. The van der Waals surface area contributed by atoms with Crippen LogP contribution in [0.4, 0.5) is 10.1 Å². The van der Waals surface area contributed by atoms with Crippen LogP contribution in [0.15, 0.2) is 33.4 Å². The normalized spacial score (nSPS) is 10.4. The second-order valence-corrected chi connectivity index (χ2v) is 6.20. The molecule has 0 radical (unpaired) electrons. The predicted molar refractivity (Wildman–Crippen MR) is 75.9 cm³/mol. The van der Waals surface area contributed by atoms with Gasteiger partial charge in [0.05, 0.1) is 9.47 Å². The van der Waals surface area contributed by atoms with Crippen LogP contribution in [0.5, 0.6) is 0 Å². The molecule has 2 nitrogen and oxygen atoms in total. The topological polar surface area (TPSA) is 20.3 Å². The van der Waals surface area contributed by atoms with Crippen LogP contribution in [-0.2, 0) is 6.54 Å². The molecule has 2 aromatic rings. The Balaban J connectivity index is 2.28. The molecule has 0 aliphatic rings. The summed E-state index contributed by atoms with van der Waals surface area (Å²) in [5, 5.41) is 2.00. The van der Waals surface area contributed by atoms with E-state index in [0.29, 0.717) is 24.1 Å². The first-order valence-corrected chi connectivity index (χ1v) is 6.97. The van der Waals surface area contributed by atoms with E-state index in [-0.39, 0.29) is 5.82 Å². The Morgan fingerprint density at radius 3 is 2.89 bits per heavy atom. The van der Waals surface area contributed by atoms with Crippen molar-refractivity contribution in [3.05, 3.63) is 50.4 Å². The molecule has 0 saturated heterocycles. The van der Waals surface area contributed by atoms with Gasteiger partial charge in [0.2, 0.25) is 0 Å². The van der Waals surface area contributed by atoms with E-state index < -0.39 is 0 Å². The molecule has 0 amide bonds. The van der Waals surface area contributed by atoms with Crippen molar-refractivity contribution in [3.8, 4) is 0 Å². The maximum Gasteiger partial charge on any atom is 0.152 e. The second-order valence-electron chi connectivity index (χ2n) is 3.91. The van der Waals surface area contributed by atoms with E-state index in [9.17, 15) is 9.18 Å². The fourth-order valence-corrected chi connectivity index (χ4v) is 3.01. The molecule has 0 spiro atoms. The first kappa shape index (κ1) is 13.2. The number of hydrogen-bond donors (Lipinski definition) is 0. The Morgan fingerprint density at radius 1 is 1.50 bits per heavy atom. The Bertz CT molecular complexity index is 570. The lowest BCUT2D eigenvalue weighted by molar-refractivity contribution is 0.112. The van der Waals surface area contributed by atoms with Crippen molar-refractivity contribution in [1.82, 2.24) is 0 Å². The quantitative estimate of drug-likeness (QED) is 0.788. The van der Waals surface area contributed by atoms with Gasteiger partial charge in [0, 0.05) is 19.2 Å². The van der Waals surface area contributed by atoms with E-state index in [1.807, 2.05) is 11.4 Å². The highest BCUT2D eigenvalue weighted by Gasteiger charge is 2.13. The highest BCUT2D eigenvalue weighted by Crippen LogP contribution is 2.26. The molecule has 1 heterocycles. The zero-order chi connectivity index (χ0) is 13.1. The van der Waals surface area contributed by atoms with Crippen LogP contribution in [0.1, 0.15) is 15.9 Å². The number of carbonyl (C=O) groups excluding carboxylic acids is 1. The van der Waals surface area contributed by atoms with Crippen molar-refractivity contribution in [3.63, 3.8) is 0 Å². The van der Waals surface area contributed by atoms with E-state index in [1.54, 1.807) is 29.4 Å². The van der Waals surface area contributed by atoms with Gasteiger partial charge in [-0.25, -0.2) is 4.39 Å². The van der Waals surface area contributed by atoms with Crippen molar-refractivity contribution in [1.29, 1.82) is 0 Å². The molecule has 0 saturated carbocycles. The van der Waals surface area contributed by atoms with Crippen molar-refractivity contribution >= 4 is 39.2 Å². The largest absolute Gasteiger partial charge is 0.367 e. The Hall–Kier alpha value is -1.20. The molecule has 0 N–H and O–H groups in total. The van der Waals surface area contributed by atoms with E-state index >= 15 is 0 Å². The summed E-state index contributed by atoms with van der Waals surface area (Å²) >= 11 is 4.97. The number of nitrogens with zero attached hydrogens (tertiary/aromatic N) is 1. The average Bonchev–Trinajstić information content (AvgIpc) is 2.74. The molecule has 0 unspecified atom stereocenters. The minimum Gasteiger partial charge on any atom is -0.367 e. The van der Waals surface area contributed by atoms with Crippen molar-refractivity contribution in [2.75, 3.05) is 11.9 Å². The maximum atomic E-state index is 13.8. The van der Waals surface area contributed by atoms with Gasteiger partial charge in [-0.3, -0.25) is 4.79 Å². The van der Waals surface area contributed by atoms with Crippen LogP contribution in [0, 0.1) is 5.82 Å². The number of carbonyl (C=O) groups is 1. The molecule has 5 heteroatoms. The molecule has 1 aromatic heterocycles. The van der Waals surface area contributed by atoms with Gasteiger partial charge in [-0.15, -0.1) is 11.3 Å². The van der Waals surface area contributed by atoms with Crippen molar-refractivity contribution in [2.45, 2.75) is 6.54 Å². The van der Waals surface area contributed by atoms with E-state index in [1.165, 1.54) is 12.1 Å². The summed E-state index contributed by atoms with van der Waals surface area (Å²) in [6.07, 6.45) is 0.679. The summed E-state index contributed by atoms with van der Waals surface area (Å²) in [4.78, 5) is 12.7. The van der Waals surface area contributed by atoms with Gasteiger partial charge in [-0.1, -0.05) is 6.07 Å². The van der Waals surface area contributed by atoms with Gasteiger partial charge in [0.25, 0.3) is 0 Å². The number of anilines is 1. The molecule has 0 aliphatic carbocycles. The lowest BCUT2D eigenvalue weighted by Crippen LogP contribution is -2.19. The van der Waals surface area contributed by atoms with Gasteiger partial charge < -0.3 is 4.90 Å². The van der Waals surface area contributed by atoms with Crippen LogP contribution >= 0.6 is 27.3 Å². The number of thiophene rings is 1. The fourth-order valence-electron chi connectivity index (χ4n) is 1.81. The summed E-state index contributed by atoms with van der Waals surface area (Å²) in [5.41, 5.74) is 1.79. The van der Waals surface area contributed by atoms with E-state index in [0.717, 1.165) is 9.35 Å². The number of para-hydroxylation sites is 1. The molecule has 0 fully saturated rings. The molecular weight excluding hydrogens is 317 g/mol. The van der Waals surface area contributed by atoms with Gasteiger partial charge in [-0.05, 0) is 45.1 Å². The summed E-state index contributed by atoms with van der Waals surface area (Å²) in [7, 11) is 1.77. The first-order valence-electron chi connectivity index (χ1n) is 5.29. The molecule has 0 aliphatic heterocycles. The van der Waals surface area contributed by atoms with Crippen LogP contribution in [0.25, 0.3) is 0 Å². The Kier molecular flexibility index (Phi) is 4.14. The van der Waals surface area contributed by atoms with Crippen LogP contribution in [0.2, 0.25) is 0 Å². The van der Waals surface area contributed by atoms with E-state index in [2.05, 4.69) is 15.9 Å². The summed E-state index contributed by atoms with van der Waals surface area (Å²) in [6.45, 7) is 0.559. The molecule has 18 heavy (non-hydrogen) atoms. The lowest BCUT2D eigenvalue weighted by Gasteiger charge is -2.20. The third-order valence-corrected chi connectivity index (χ3v) is 4.12. The predicted octanol–water partition coefficient (Wildman–Crippen LogP) is 4.10.